The van der Waals surface area contributed by atoms with E-state index in [9.17, 15) is 9.18 Å². The lowest BCUT2D eigenvalue weighted by molar-refractivity contribution is -0.118. The summed E-state index contributed by atoms with van der Waals surface area (Å²) in [7, 11) is 0. The minimum atomic E-state index is -0.278. The molecule has 0 heterocycles. The zero-order valence-corrected chi connectivity index (χ0v) is 9.89. The van der Waals surface area contributed by atoms with Gasteiger partial charge in [0.2, 0.25) is 0 Å². The number of carbonyl (C=O) groups is 1. The van der Waals surface area contributed by atoms with Crippen molar-refractivity contribution in [3.8, 4) is 0 Å². The Morgan fingerprint density at radius 1 is 1.47 bits per heavy atom. The van der Waals surface area contributed by atoms with Crippen molar-refractivity contribution in [1.82, 2.24) is 0 Å². The van der Waals surface area contributed by atoms with Crippen molar-refractivity contribution < 1.29 is 9.18 Å². The molecule has 0 amide bonds. The summed E-state index contributed by atoms with van der Waals surface area (Å²) >= 11 is 3.27. The maximum atomic E-state index is 12.8. The van der Waals surface area contributed by atoms with E-state index in [1.165, 1.54) is 25.0 Å². The number of carbonyl (C=O) groups excluding carboxylic acids is 1. The van der Waals surface area contributed by atoms with Gasteiger partial charge in [0, 0.05) is 17.3 Å². The summed E-state index contributed by atoms with van der Waals surface area (Å²) < 4.78 is 13.5. The Kier molecular flexibility index (Phi) is 3.19. The minimum absolute atomic E-state index is 0.254. The summed E-state index contributed by atoms with van der Waals surface area (Å²) in [6.07, 6.45) is 3.48. The van der Waals surface area contributed by atoms with E-state index < -0.39 is 0 Å². The molecule has 0 bridgehead atoms. The number of hydrogen-bond donors (Lipinski definition) is 0. The number of halogens is 2. The van der Waals surface area contributed by atoms with Crippen molar-refractivity contribution in [3.05, 3.63) is 34.1 Å². The molecule has 0 unspecified atom stereocenters. The molecule has 0 saturated heterocycles. The van der Waals surface area contributed by atoms with Gasteiger partial charge in [-0.25, -0.2) is 4.39 Å². The van der Waals surface area contributed by atoms with Crippen LogP contribution in [0.1, 0.15) is 24.8 Å². The number of Topliss-reactive ketones (excluding diaryl/α,β-unsaturated/α-hetero) is 1. The van der Waals surface area contributed by atoms with Crippen molar-refractivity contribution in [3.63, 3.8) is 0 Å². The predicted octanol–water partition coefficient (Wildman–Crippen LogP) is 3.50. The average molecular weight is 271 g/mol. The van der Waals surface area contributed by atoms with Crippen LogP contribution in [0.15, 0.2) is 22.7 Å². The third-order valence-electron chi connectivity index (χ3n) is 2.62. The van der Waals surface area contributed by atoms with Gasteiger partial charge in [-0.05, 0) is 36.5 Å². The number of benzene rings is 1. The Morgan fingerprint density at radius 2 is 2.20 bits per heavy atom. The van der Waals surface area contributed by atoms with Crippen molar-refractivity contribution in [2.24, 2.45) is 5.92 Å². The topological polar surface area (TPSA) is 17.1 Å². The van der Waals surface area contributed by atoms with E-state index in [1.54, 1.807) is 6.07 Å². The molecular formula is C12H12BrFO. The fourth-order valence-corrected chi connectivity index (χ4v) is 2.08. The Bertz CT molecular complexity index is 385. The largest absolute Gasteiger partial charge is 0.299 e. The Hall–Kier alpha value is -0.700. The number of rotatable bonds is 4. The molecule has 2 rings (SSSR count). The van der Waals surface area contributed by atoms with E-state index in [0.717, 1.165) is 5.56 Å². The lowest BCUT2D eigenvalue weighted by Crippen LogP contribution is -2.04. The summed E-state index contributed by atoms with van der Waals surface area (Å²) in [5.41, 5.74) is 0.877. The molecule has 0 aromatic heterocycles. The first kappa shape index (κ1) is 10.8. The lowest BCUT2D eigenvalue weighted by atomic mass is 10.1. The molecule has 0 atom stereocenters. The van der Waals surface area contributed by atoms with Crippen molar-refractivity contribution in [2.45, 2.75) is 25.7 Å². The molecule has 0 spiro atoms. The van der Waals surface area contributed by atoms with Crippen LogP contribution in [0.5, 0.6) is 0 Å². The van der Waals surface area contributed by atoms with Gasteiger partial charge in [0.1, 0.15) is 11.6 Å². The summed E-state index contributed by atoms with van der Waals surface area (Å²) in [6.45, 7) is 0. The molecule has 15 heavy (non-hydrogen) atoms. The molecule has 1 fully saturated rings. The van der Waals surface area contributed by atoms with Crippen molar-refractivity contribution in [1.29, 1.82) is 0 Å². The van der Waals surface area contributed by atoms with Crippen LogP contribution in [-0.4, -0.2) is 5.78 Å². The molecule has 1 aliphatic carbocycles. The van der Waals surface area contributed by atoms with E-state index in [0.29, 0.717) is 23.2 Å². The van der Waals surface area contributed by atoms with Gasteiger partial charge < -0.3 is 0 Å². The fourth-order valence-electron chi connectivity index (χ4n) is 1.59. The van der Waals surface area contributed by atoms with E-state index in [1.807, 2.05) is 0 Å². The molecule has 0 N–H and O–H groups in total. The first-order chi connectivity index (χ1) is 7.15. The van der Waals surface area contributed by atoms with Crippen LogP contribution in [0.2, 0.25) is 0 Å². The molecule has 0 radical (unpaired) electrons. The molecular weight excluding hydrogens is 259 g/mol. The summed E-state index contributed by atoms with van der Waals surface area (Å²) in [4.78, 5) is 11.6. The van der Waals surface area contributed by atoms with Crippen molar-refractivity contribution in [2.75, 3.05) is 0 Å². The van der Waals surface area contributed by atoms with Gasteiger partial charge in [-0.3, -0.25) is 4.79 Å². The van der Waals surface area contributed by atoms with Crippen LogP contribution in [0.25, 0.3) is 0 Å². The highest BCUT2D eigenvalue weighted by atomic mass is 79.9. The maximum Gasteiger partial charge on any atom is 0.137 e. The Balaban J connectivity index is 1.99. The monoisotopic (exact) mass is 270 g/mol. The fraction of sp³-hybridized carbons (Fsp3) is 0.417. The molecule has 1 nitrogen and oxygen atoms in total. The normalized spacial score (nSPS) is 15.3. The standard InChI is InChI=1S/C12H12BrFO/c13-12-7-10(14)4-3-9(12)6-11(15)5-8-1-2-8/h3-4,7-8H,1-2,5-6H2. The van der Waals surface area contributed by atoms with Gasteiger partial charge in [-0.15, -0.1) is 0 Å². The molecule has 1 aromatic carbocycles. The molecule has 80 valence electrons. The van der Waals surface area contributed by atoms with E-state index >= 15 is 0 Å². The van der Waals surface area contributed by atoms with Gasteiger partial charge in [0.25, 0.3) is 0 Å². The highest BCUT2D eigenvalue weighted by molar-refractivity contribution is 9.10. The molecule has 1 saturated carbocycles. The van der Waals surface area contributed by atoms with Gasteiger partial charge in [0.05, 0.1) is 0 Å². The van der Waals surface area contributed by atoms with Crippen LogP contribution >= 0.6 is 15.9 Å². The first-order valence-electron chi connectivity index (χ1n) is 5.11. The highest BCUT2D eigenvalue weighted by Gasteiger charge is 2.24. The van der Waals surface area contributed by atoms with Crippen LogP contribution < -0.4 is 0 Å². The predicted molar refractivity (Wildman–Crippen MR) is 60.2 cm³/mol. The second kappa shape index (κ2) is 4.44. The third kappa shape index (κ3) is 3.13. The van der Waals surface area contributed by atoms with Gasteiger partial charge in [-0.1, -0.05) is 22.0 Å². The molecule has 0 aliphatic heterocycles. The zero-order valence-electron chi connectivity index (χ0n) is 8.30. The zero-order chi connectivity index (χ0) is 10.8. The Morgan fingerprint density at radius 3 is 2.80 bits per heavy atom. The molecule has 1 aromatic rings. The van der Waals surface area contributed by atoms with Crippen LogP contribution in [-0.2, 0) is 11.2 Å². The van der Waals surface area contributed by atoms with Gasteiger partial charge in [0.15, 0.2) is 0 Å². The molecule has 1 aliphatic rings. The van der Waals surface area contributed by atoms with E-state index in [4.69, 9.17) is 0 Å². The van der Waals surface area contributed by atoms with Crippen LogP contribution in [0, 0.1) is 11.7 Å². The first-order valence-corrected chi connectivity index (χ1v) is 5.90. The SMILES string of the molecule is O=C(Cc1ccc(F)cc1Br)CC1CC1. The van der Waals surface area contributed by atoms with E-state index in [2.05, 4.69) is 15.9 Å². The van der Waals surface area contributed by atoms with Gasteiger partial charge in [-0.2, -0.15) is 0 Å². The smallest absolute Gasteiger partial charge is 0.137 e. The highest BCUT2D eigenvalue weighted by Crippen LogP contribution is 2.33. The number of hydrogen-bond acceptors (Lipinski definition) is 1. The second-order valence-electron chi connectivity index (χ2n) is 4.10. The number of ketones is 1. The van der Waals surface area contributed by atoms with Crippen molar-refractivity contribution >= 4 is 21.7 Å². The summed E-state index contributed by atoms with van der Waals surface area (Å²) in [5, 5.41) is 0. The van der Waals surface area contributed by atoms with Crippen LogP contribution in [0.4, 0.5) is 4.39 Å². The third-order valence-corrected chi connectivity index (χ3v) is 3.35. The van der Waals surface area contributed by atoms with Crippen LogP contribution in [0.3, 0.4) is 0 Å². The summed E-state index contributed by atoms with van der Waals surface area (Å²) in [5.74, 6) is 0.599. The maximum absolute atomic E-state index is 12.8. The van der Waals surface area contributed by atoms with Gasteiger partial charge >= 0.3 is 0 Å². The lowest BCUT2D eigenvalue weighted by Gasteiger charge is -2.03. The minimum Gasteiger partial charge on any atom is -0.299 e. The Labute approximate surface area is 96.8 Å². The van der Waals surface area contributed by atoms with E-state index in [-0.39, 0.29) is 11.6 Å². The summed E-state index contributed by atoms with van der Waals surface area (Å²) in [6, 6.07) is 4.47. The second-order valence-corrected chi connectivity index (χ2v) is 4.95. The average Bonchev–Trinajstić information content (AvgIpc) is 2.94. The molecule has 3 heteroatoms. The quantitative estimate of drug-likeness (QED) is 0.819.